The minimum Gasteiger partial charge on any atom is -0.354 e. The number of nitrogens with zero attached hydrogens (tertiary/aromatic N) is 2. The van der Waals surface area contributed by atoms with E-state index in [4.69, 9.17) is 0 Å². The molecule has 0 aliphatic carbocycles. The van der Waals surface area contributed by atoms with Crippen LogP contribution in [0, 0.1) is 0 Å². The molecule has 0 bridgehead atoms. The molecule has 154 valence electrons. The van der Waals surface area contributed by atoms with E-state index >= 15 is 0 Å². The Bertz CT molecular complexity index is 752. The lowest BCUT2D eigenvalue weighted by Crippen LogP contribution is -2.49. The van der Waals surface area contributed by atoms with Crippen molar-refractivity contribution in [3.63, 3.8) is 0 Å². The van der Waals surface area contributed by atoms with Crippen LogP contribution >= 0.6 is 0 Å². The topological polar surface area (TPSA) is 35.6 Å². The molecule has 1 N–H and O–H groups in total. The van der Waals surface area contributed by atoms with Gasteiger partial charge in [0.15, 0.2) is 0 Å². The first-order valence-corrected chi connectivity index (χ1v) is 10.7. The van der Waals surface area contributed by atoms with Crippen LogP contribution in [0.15, 0.2) is 66.7 Å². The van der Waals surface area contributed by atoms with E-state index in [1.165, 1.54) is 11.1 Å². The number of hydrogen-bond acceptors (Lipinski definition) is 3. The van der Waals surface area contributed by atoms with Crippen molar-refractivity contribution in [2.75, 3.05) is 45.8 Å². The van der Waals surface area contributed by atoms with E-state index in [2.05, 4.69) is 82.7 Å². The van der Waals surface area contributed by atoms with Crippen molar-refractivity contribution in [1.29, 1.82) is 0 Å². The van der Waals surface area contributed by atoms with E-state index in [1.54, 1.807) is 0 Å². The summed E-state index contributed by atoms with van der Waals surface area (Å²) in [5, 5.41) is 3.14. The monoisotopic (exact) mass is 391 g/mol. The lowest BCUT2D eigenvalue weighted by Gasteiger charge is -2.33. The van der Waals surface area contributed by atoms with Crippen LogP contribution in [-0.2, 0) is 4.79 Å². The number of rotatable bonds is 9. The van der Waals surface area contributed by atoms with Gasteiger partial charge < -0.3 is 5.32 Å². The van der Waals surface area contributed by atoms with Crippen LogP contribution in [0.2, 0.25) is 0 Å². The summed E-state index contributed by atoms with van der Waals surface area (Å²) in [6.07, 6.45) is 5.43. The van der Waals surface area contributed by atoms with Gasteiger partial charge in [-0.05, 0) is 17.5 Å². The molecule has 1 amide bonds. The van der Waals surface area contributed by atoms with E-state index in [0.717, 1.165) is 39.1 Å². The summed E-state index contributed by atoms with van der Waals surface area (Å²) in [4.78, 5) is 17.1. The van der Waals surface area contributed by atoms with Crippen molar-refractivity contribution < 1.29 is 4.79 Å². The second-order valence-corrected chi connectivity index (χ2v) is 7.71. The largest absolute Gasteiger partial charge is 0.354 e. The normalized spacial score (nSPS) is 16.7. The van der Waals surface area contributed by atoms with E-state index < -0.39 is 0 Å². The zero-order chi connectivity index (χ0) is 20.3. The van der Waals surface area contributed by atoms with Gasteiger partial charge in [-0.3, -0.25) is 14.6 Å². The number of nitrogens with one attached hydrogen (secondary N) is 1. The first-order valence-electron chi connectivity index (χ1n) is 10.7. The Morgan fingerprint density at radius 3 is 2.24 bits per heavy atom. The molecule has 29 heavy (non-hydrogen) atoms. The molecule has 2 aromatic carbocycles. The zero-order valence-electron chi connectivity index (χ0n) is 17.5. The lowest BCUT2D eigenvalue weighted by atomic mass is 9.96. The van der Waals surface area contributed by atoms with Crippen molar-refractivity contribution >= 4 is 12.0 Å². The van der Waals surface area contributed by atoms with Crippen LogP contribution in [0.4, 0.5) is 0 Å². The summed E-state index contributed by atoms with van der Waals surface area (Å²) in [6, 6.07) is 20.9. The highest BCUT2D eigenvalue weighted by atomic mass is 16.2. The molecule has 0 radical (unpaired) electrons. The van der Waals surface area contributed by atoms with Gasteiger partial charge >= 0.3 is 0 Å². The quantitative estimate of drug-likeness (QED) is 0.709. The van der Waals surface area contributed by atoms with Gasteiger partial charge in [0, 0.05) is 45.2 Å². The molecule has 3 rings (SSSR count). The number of carbonyl (C=O) groups is 1. The van der Waals surface area contributed by atoms with Gasteiger partial charge in [-0.15, -0.1) is 0 Å². The molecular weight excluding hydrogens is 358 g/mol. The van der Waals surface area contributed by atoms with Gasteiger partial charge in [0.1, 0.15) is 0 Å². The maximum atomic E-state index is 12.4. The Morgan fingerprint density at radius 1 is 0.966 bits per heavy atom. The molecule has 0 aromatic heterocycles. The Kier molecular flexibility index (Phi) is 8.47. The van der Waals surface area contributed by atoms with Gasteiger partial charge in [-0.1, -0.05) is 79.7 Å². The molecule has 1 atom stereocenters. The first kappa shape index (κ1) is 21.3. The third kappa shape index (κ3) is 7.15. The number of amides is 1. The van der Waals surface area contributed by atoms with E-state index in [-0.39, 0.29) is 5.91 Å². The van der Waals surface area contributed by atoms with Gasteiger partial charge in [0.25, 0.3) is 0 Å². The molecule has 1 aliphatic rings. The van der Waals surface area contributed by atoms with Gasteiger partial charge in [-0.25, -0.2) is 0 Å². The minimum absolute atomic E-state index is 0.136. The molecule has 1 saturated heterocycles. The Balaban J connectivity index is 1.34. The van der Waals surface area contributed by atoms with E-state index in [9.17, 15) is 4.79 Å². The Morgan fingerprint density at radius 2 is 1.59 bits per heavy atom. The van der Waals surface area contributed by atoms with Crippen LogP contribution in [0.3, 0.4) is 0 Å². The minimum atomic E-state index is 0.136. The number of hydrogen-bond donors (Lipinski definition) is 1. The number of benzene rings is 2. The second kappa shape index (κ2) is 11.5. The third-order valence-corrected chi connectivity index (χ3v) is 5.62. The Labute approximate surface area is 175 Å². The SMILES string of the molecule is CCC(CNC(=O)CN1CCN(C/C=C/c2ccccc2)CC1)c1ccccc1. The molecule has 4 heteroatoms. The molecule has 1 unspecified atom stereocenters. The standard InChI is InChI=1S/C25H33N3O/c1-2-23(24-13-7-4-8-14-24)20-26-25(29)21-28-18-16-27(17-19-28)15-9-12-22-10-5-3-6-11-22/h3-14,23H,2,15-21H2,1H3,(H,26,29)/b12-9+. The van der Waals surface area contributed by atoms with Crippen LogP contribution in [0.25, 0.3) is 6.08 Å². The van der Waals surface area contributed by atoms with Gasteiger partial charge in [0.05, 0.1) is 6.54 Å². The first-order chi connectivity index (χ1) is 14.2. The molecule has 0 spiro atoms. The predicted molar refractivity (Wildman–Crippen MR) is 121 cm³/mol. The number of piperazine rings is 1. The van der Waals surface area contributed by atoms with Crippen LogP contribution in [0.1, 0.15) is 30.4 Å². The smallest absolute Gasteiger partial charge is 0.234 e. The van der Waals surface area contributed by atoms with E-state index in [0.29, 0.717) is 19.0 Å². The van der Waals surface area contributed by atoms with Gasteiger partial charge in [0.2, 0.25) is 5.91 Å². The third-order valence-electron chi connectivity index (χ3n) is 5.62. The lowest BCUT2D eigenvalue weighted by molar-refractivity contribution is -0.122. The highest BCUT2D eigenvalue weighted by molar-refractivity contribution is 5.78. The molecule has 1 aliphatic heterocycles. The van der Waals surface area contributed by atoms with Crippen molar-refractivity contribution in [3.8, 4) is 0 Å². The van der Waals surface area contributed by atoms with E-state index in [1.807, 2.05) is 12.1 Å². The van der Waals surface area contributed by atoms with Crippen LogP contribution in [-0.4, -0.2) is 61.5 Å². The summed E-state index contributed by atoms with van der Waals surface area (Å²) < 4.78 is 0. The summed E-state index contributed by atoms with van der Waals surface area (Å²) in [5.41, 5.74) is 2.54. The summed E-state index contributed by atoms with van der Waals surface area (Å²) in [6.45, 7) is 8.26. The van der Waals surface area contributed by atoms with Crippen molar-refractivity contribution in [2.45, 2.75) is 19.3 Å². The molecule has 2 aromatic rings. The fraction of sp³-hybridized carbons (Fsp3) is 0.400. The Hall–Kier alpha value is -2.43. The molecular formula is C25H33N3O. The highest BCUT2D eigenvalue weighted by Crippen LogP contribution is 2.17. The van der Waals surface area contributed by atoms with Crippen molar-refractivity contribution in [3.05, 3.63) is 77.9 Å². The zero-order valence-corrected chi connectivity index (χ0v) is 17.5. The highest BCUT2D eigenvalue weighted by Gasteiger charge is 2.18. The fourth-order valence-electron chi connectivity index (χ4n) is 3.75. The van der Waals surface area contributed by atoms with Crippen molar-refractivity contribution in [1.82, 2.24) is 15.1 Å². The maximum absolute atomic E-state index is 12.4. The van der Waals surface area contributed by atoms with Gasteiger partial charge in [-0.2, -0.15) is 0 Å². The second-order valence-electron chi connectivity index (χ2n) is 7.71. The predicted octanol–water partition coefficient (Wildman–Crippen LogP) is 3.63. The molecule has 1 fully saturated rings. The molecule has 1 heterocycles. The fourth-order valence-corrected chi connectivity index (χ4v) is 3.75. The molecule has 0 saturated carbocycles. The summed E-state index contributed by atoms with van der Waals surface area (Å²) >= 11 is 0. The molecule has 4 nitrogen and oxygen atoms in total. The summed E-state index contributed by atoms with van der Waals surface area (Å²) in [7, 11) is 0. The van der Waals surface area contributed by atoms with Crippen molar-refractivity contribution in [2.24, 2.45) is 0 Å². The maximum Gasteiger partial charge on any atom is 0.234 e. The van der Waals surface area contributed by atoms with Crippen LogP contribution in [0.5, 0.6) is 0 Å². The number of carbonyl (C=O) groups excluding carboxylic acids is 1. The average Bonchev–Trinajstić information content (AvgIpc) is 2.77. The van der Waals surface area contributed by atoms with Crippen LogP contribution < -0.4 is 5.32 Å². The summed E-state index contributed by atoms with van der Waals surface area (Å²) in [5.74, 6) is 0.519. The average molecular weight is 392 g/mol.